The van der Waals surface area contributed by atoms with E-state index in [2.05, 4.69) is 39.8 Å². The Labute approximate surface area is 505 Å². The first-order valence-electron chi connectivity index (χ1n) is 29.0. The van der Waals surface area contributed by atoms with E-state index in [1.165, 1.54) is 36.5 Å². The maximum absolute atomic E-state index is 11.2. The van der Waals surface area contributed by atoms with Crippen molar-refractivity contribution in [3.05, 3.63) is 58.7 Å². The Bertz CT molecular complexity index is 2100. The van der Waals surface area contributed by atoms with E-state index in [9.17, 15) is 96.7 Å². The molecule has 0 aromatic heterocycles. The molecule has 0 aromatic rings. The fourth-order valence-electron chi connectivity index (χ4n) is 11.8. The number of aliphatic carboxylic acids is 1. The Balaban J connectivity index is 0.000000424. The summed E-state index contributed by atoms with van der Waals surface area (Å²) in [5.74, 6) is -0.912. The molecule has 1 aliphatic carbocycles. The number of carboxylic acid groups (broad SMARTS) is 1. The Morgan fingerprint density at radius 1 is 0.420 bits per heavy atom. The zero-order chi connectivity index (χ0) is 64.8. The highest BCUT2D eigenvalue weighted by molar-refractivity contribution is 5.81. The molecule has 22 heterocycles. The van der Waals surface area contributed by atoms with E-state index < -0.39 is 230 Å². The summed E-state index contributed by atoms with van der Waals surface area (Å²) in [6.07, 6.45) is -43.5. The second-order valence-electron chi connectivity index (χ2n) is 23.6. The van der Waals surface area contributed by atoms with E-state index in [1.807, 2.05) is 12.2 Å². The van der Waals surface area contributed by atoms with Crippen molar-refractivity contribution < 1.29 is 159 Å². The fraction of sp³-hybridized carbons (Fsp3) is 0.804. The van der Waals surface area contributed by atoms with Crippen molar-refractivity contribution >= 4 is 5.97 Å². The average Bonchev–Trinajstić information content (AvgIpc) is 2.11. The minimum absolute atomic E-state index is 0.260. The summed E-state index contributed by atoms with van der Waals surface area (Å²) < 4.78 is 67.9. The van der Waals surface area contributed by atoms with E-state index in [0.717, 1.165) is 11.1 Å². The molecule has 22 aliphatic heterocycles. The maximum atomic E-state index is 11.2. The minimum atomic E-state index is -2.15. The van der Waals surface area contributed by atoms with Crippen LogP contribution in [0, 0.1) is 5.41 Å². The predicted molar refractivity (Wildman–Crippen MR) is 290 cm³/mol. The molecule has 19 N–H and O–H groups in total. The van der Waals surface area contributed by atoms with Crippen molar-refractivity contribution in [2.75, 3.05) is 39.6 Å². The Hall–Kier alpha value is -3.03. The van der Waals surface area contributed by atoms with Crippen LogP contribution >= 0.6 is 0 Å². The summed E-state index contributed by atoms with van der Waals surface area (Å²) >= 11 is 0. The smallest absolute Gasteiger partial charge is 0.328 e. The summed E-state index contributed by atoms with van der Waals surface area (Å²) in [6, 6.07) is 0. The van der Waals surface area contributed by atoms with Crippen LogP contribution in [0.15, 0.2) is 58.7 Å². The summed E-state index contributed by atoms with van der Waals surface area (Å²) in [4.78, 5) is 10.5. The van der Waals surface area contributed by atoms with Crippen molar-refractivity contribution in [2.24, 2.45) is 5.41 Å². The first-order chi connectivity index (χ1) is 41.6. The van der Waals surface area contributed by atoms with E-state index in [0.29, 0.717) is 0 Å². The van der Waals surface area contributed by atoms with Gasteiger partial charge in [0.15, 0.2) is 37.7 Å². The fourth-order valence-corrected chi connectivity index (χ4v) is 11.8. The first kappa shape index (κ1) is 72.4. The van der Waals surface area contributed by atoms with Crippen LogP contribution in [0.1, 0.15) is 53.9 Å². The molecule has 504 valence electrons. The van der Waals surface area contributed by atoms with Crippen LogP contribution in [0.5, 0.6) is 0 Å². The summed E-state index contributed by atoms with van der Waals surface area (Å²) in [7, 11) is 0. The summed E-state index contributed by atoms with van der Waals surface area (Å²) in [5, 5.41) is 204. The molecule has 0 amide bonds. The van der Waals surface area contributed by atoms with Crippen molar-refractivity contribution in [3.8, 4) is 0 Å². The van der Waals surface area contributed by atoms with E-state index in [4.69, 9.17) is 61.9 Å². The van der Waals surface area contributed by atoms with Crippen LogP contribution in [0.3, 0.4) is 0 Å². The molecule has 30 atom stereocenters. The molecule has 32 heteroatoms. The number of aliphatic hydroxyl groups is 18. The molecule has 0 saturated carbocycles. The number of carbonyl (C=O) groups is 1. The van der Waals surface area contributed by atoms with Crippen LogP contribution in [0.25, 0.3) is 0 Å². The van der Waals surface area contributed by atoms with Crippen LogP contribution < -0.4 is 0 Å². The highest BCUT2D eigenvalue weighted by Gasteiger charge is 2.59. The summed E-state index contributed by atoms with van der Waals surface area (Å²) in [5.41, 5.74) is 5.09. The van der Waals surface area contributed by atoms with Crippen molar-refractivity contribution in [3.63, 3.8) is 0 Å². The van der Waals surface area contributed by atoms with Crippen molar-refractivity contribution in [1.82, 2.24) is 0 Å². The first-order valence-corrected chi connectivity index (χ1v) is 29.0. The van der Waals surface area contributed by atoms with Gasteiger partial charge in [-0.15, -0.1) is 0 Å². The molecule has 32 nitrogen and oxygen atoms in total. The van der Waals surface area contributed by atoms with E-state index in [-0.39, 0.29) is 5.41 Å². The van der Waals surface area contributed by atoms with Gasteiger partial charge < -0.3 is 154 Å². The molecule has 0 spiro atoms. The standard InChI is InChI=1S/C36H60O30.C20H28O2/c37-1-7-25-13(43)19(49)31(55-7)62-26-8(2-38)57-33(21(51)15(26)45)64-28-10(4-40)59-35(23(53)17(28)47)66-30-12(6-42)60-36(24(54)18(30)48)65-29-11(5-41)58-34(22(52)16(29)46)63-27-9(3-39)56-32(61-25)20(50)14(27)44;1-15(8-6-9-16(2)14-19(21)22)11-12-18-17(3)10-7-13-20(18,4)5/h7-54H,1-6H2;6,8-9,11-12,14H,7,10,13H2,1-5H3,(H,21,22)/b;9-6+,12-11+,15-8+,16-14+/t7-,8-,9-,10-,11-,12-,13-,14-,15-,16-,17-,18-,19-,20-,21-,22-,23-,24-,25-,26-,27-,28-,29-,30-,31-,32-,33-,34-,35-,36-;/m1./s1. The van der Waals surface area contributed by atoms with E-state index >= 15 is 0 Å². The zero-order valence-electron chi connectivity index (χ0n) is 49.0. The molecule has 0 aromatic carbocycles. The van der Waals surface area contributed by atoms with Crippen LogP contribution in [-0.4, -0.2) is 327 Å². The molecular formula is C56H88O32. The van der Waals surface area contributed by atoms with Gasteiger partial charge in [-0.25, -0.2) is 4.79 Å². The van der Waals surface area contributed by atoms with Gasteiger partial charge in [-0.05, 0) is 56.6 Å². The molecule has 23 rings (SSSR count). The molecule has 0 unspecified atom stereocenters. The van der Waals surface area contributed by atoms with Crippen molar-refractivity contribution in [2.45, 2.75) is 238 Å². The molecule has 12 bridgehead atoms. The molecule has 88 heavy (non-hydrogen) atoms. The third-order valence-corrected chi connectivity index (χ3v) is 16.8. The van der Waals surface area contributed by atoms with Gasteiger partial charge in [0, 0.05) is 6.08 Å². The molecular weight excluding hydrogens is 1180 g/mol. The topological polar surface area (TPSA) is 512 Å². The second-order valence-corrected chi connectivity index (χ2v) is 23.6. The number of hydrogen-bond donors (Lipinski definition) is 19. The number of aliphatic hydroxyl groups excluding tert-OH is 18. The van der Waals surface area contributed by atoms with Crippen LogP contribution in [-0.2, 0) is 61.6 Å². The lowest BCUT2D eigenvalue weighted by molar-refractivity contribution is -0.404. The number of carboxylic acids is 1. The lowest BCUT2D eigenvalue weighted by Gasteiger charge is -2.50. The SMILES string of the molecule is CC1=C(/C=C/C(C)=C/C=C/C(C)=C/C(=O)O)C(C)(C)CCC1.OC[C@H]1O[C@@H]2O[C@H]3[C@H](O)[C@@H](O)[C@@H](O[C@H]4[C@H](O)[C@@H](O)[C@@H](O[C@H]5[C@H](O)[C@@H](O)[C@@H](O[C@H]6[C@H](O)[C@@H](O)[C@@H](O[C@H]7[C@H](O)[C@@H](O)[C@@H](O[C@H]1[C@H](O)[C@H]2O)O[C@@H]7CO)O[C@@H]6CO)O[C@@H]5CO)O[C@@H]4CO)O[C@@H]3CO. The highest BCUT2D eigenvalue weighted by atomic mass is 16.8. The van der Waals surface area contributed by atoms with Crippen LogP contribution in [0.4, 0.5) is 0 Å². The van der Waals surface area contributed by atoms with Gasteiger partial charge in [0.1, 0.15) is 146 Å². The number of hydrogen-bond acceptors (Lipinski definition) is 31. The van der Waals surface area contributed by atoms with Gasteiger partial charge in [-0.3, -0.25) is 0 Å². The highest BCUT2D eigenvalue weighted by Crippen LogP contribution is 2.42. The maximum Gasteiger partial charge on any atom is 0.328 e. The third-order valence-electron chi connectivity index (χ3n) is 16.8. The average molecular weight is 1270 g/mol. The van der Waals surface area contributed by atoms with E-state index in [1.54, 1.807) is 13.0 Å². The van der Waals surface area contributed by atoms with Crippen LogP contribution in [0.2, 0.25) is 0 Å². The molecule has 22 fully saturated rings. The van der Waals surface area contributed by atoms with Gasteiger partial charge in [0.05, 0.1) is 39.6 Å². The lowest BCUT2D eigenvalue weighted by atomic mass is 9.72. The minimum Gasteiger partial charge on any atom is -0.478 e. The molecule has 22 saturated heterocycles. The Morgan fingerprint density at radius 3 is 0.909 bits per heavy atom. The normalized spacial score (nSPS) is 46.6. The van der Waals surface area contributed by atoms with Gasteiger partial charge in [-0.1, -0.05) is 55.4 Å². The quantitative estimate of drug-likeness (QED) is 0.0675. The zero-order valence-corrected chi connectivity index (χ0v) is 49.0. The molecule has 0 radical (unpaired) electrons. The number of allylic oxidation sites excluding steroid dienone is 9. The Morgan fingerprint density at radius 2 is 0.682 bits per heavy atom. The second kappa shape index (κ2) is 31.7. The third kappa shape index (κ3) is 16.3. The number of ether oxygens (including phenoxy) is 12. The van der Waals surface area contributed by atoms with Gasteiger partial charge in [-0.2, -0.15) is 0 Å². The van der Waals surface area contributed by atoms with Gasteiger partial charge >= 0.3 is 5.97 Å². The predicted octanol–water partition coefficient (Wildman–Crippen LogP) is -7.45. The Kier molecular flexibility index (Phi) is 26.1. The van der Waals surface area contributed by atoms with Gasteiger partial charge in [0.2, 0.25) is 0 Å². The summed E-state index contributed by atoms with van der Waals surface area (Å²) in [6.45, 7) is 4.71. The largest absolute Gasteiger partial charge is 0.478 e. The monoisotopic (exact) mass is 1270 g/mol. The lowest BCUT2D eigenvalue weighted by Crippen LogP contribution is -2.69. The molecule has 23 aliphatic rings. The van der Waals surface area contributed by atoms with Gasteiger partial charge in [0.25, 0.3) is 0 Å². The number of rotatable bonds is 11. The van der Waals surface area contributed by atoms with Crippen molar-refractivity contribution in [1.29, 1.82) is 0 Å².